The molecule has 0 saturated heterocycles. The first kappa shape index (κ1) is 13.5. The minimum absolute atomic E-state index is 0.474. The third kappa shape index (κ3) is 4.83. The van der Waals surface area contributed by atoms with Crippen LogP contribution in [0.2, 0.25) is 0 Å². The number of nitriles is 1. The molecule has 92 valence electrons. The molecule has 4 nitrogen and oxygen atoms in total. The number of ether oxygens (including phenoxy) is 1. The average molecular weight is 233 g/mol. The number of pyridine rings is 1. The molecule has 0 radical (unpaired) electrons. The summed E-state index contributed by atoms with van der Waals surface area (Å²) in [5, 5.41) is 12.0. The van der Waals surface area contributed by atoms with Crippen molar-refractivity contribution in [3.63, 3.8) is 0 Å². The summed E-state index contributed by atoms with van der Waals surface area (Å²) in [6.45, 7) is 6.20. The number of hydrogen-bond acceptors (Lipinski definition) is 4. The van der Waals surface area contributed by atoms with Gasteiger partial charge in [0.1, 0.15) is 17.6 Å². The van der Waals surface area contributed by atoms with Gasteiger partial charge >= 0.3 is 0 Å². The zero-order chi connectivity index (χ0) is 12.5. The summed E-state index contributed by atoms with van der Waals surface area (Å²) in [4.78, 5) is 4.20. The maximum absolute atomic E-state index is 8.85. The van der Waals surface area contributed by atoms with E-state index in [0.29, 0.717) is 18.8 Å². The first-order chi connectivity index (χ1) is 8.27. The lowest BCUT2D eigenvalue weighted by Crippen LogP contribution is -2.11. The normalized spacial score (nSPS) is 9.94. The van der Waals surface area contributed by atoms with E-state index in [1.54, 1.807) is 0 Å². The van der Waals surface area contributed by atoms with E-state index in [4.69, 9.17) is 10.00 Å². The van der Waals surface area contributed by atoms with Crippen LogP contribution in [0, 0.1) is 18.3 Å². The van der Waals surface area contributed by atoms with Crippen molar-refractivity contribution in [2.24, 2.45) is 0 Å². The number of anilines is 1. The quantitative estimate of drug-likeness (QED) is 0.735. The lowest BCUT2D eigenvalue weighted by molar-refractivity contribution is 0.141. The molecule has 1 N–H and O–H groups in total. The third-order valence-corrected chi connectivity index (χ3v) is 2.40. The fourth-order valence-electron chi connectivity index (χ4n) is 1.34. The van der Waals surface area contributed by atoms with Crippen LogP contribution in [0.5, 0.6) is 0 Å². The Labute approximate surface area is 103 Å². The van der Waals surface area contributed by atoms with Crippen LogP contribution in [0.3, 0.4) is 0 Å². The van der Waals surface area contributed by atoms with Gasteiger partial charge in [-0.05, 0) is 25.0 Å². The molecule has 0 aliphatic rings. The molecule has 1 aromatic rings. The van der Waals surface area contributed by atoms with Crippen LogP contribution in [0.1, 0.15) is 31.0 Å². The minimum Gasteiger partial charge on any atom is -0.380 e. The summed E-state index contributed by atoms with van der Waals surface area (Å²) in [6, 6.07) is 5.84. The van der Waals surface area contributed by atoms with E-state index in [-0.39, 0.29) is 0 Å². The summed E-state index contributed by atoms with van der Waals surface area (Å²) in [5.74, 6) is 0.728. The van der Waals surface area contributed by atoms with Crippen molar-refractivity contribution in [2.75, 3.05) is 25.1 Å². The highest BCUT2D eigenvalue weighted by Crippen LogP contribution is 2.08. The SMILES string of the molecule is CCCCOCCNc1ccc(C)c(C#N)n1. The van der Waals surface area contributed by atoms with Crippen molar-refractivity contribution in [3.05, 3.63) is 23.4 Å². The summed E-state index contributed by atoms with van der Waals surface area (Å²) in [5.41, 5.74) is 1.37. The number of aryl methyl sites for hydroxylation is 1. The van der Waals surface area contributed by atoms with Crippen molar-refractivity contribution in [1.29, 1.82) is 5.26 Å². The summed E-state index contributed by atoms with van der Waals surface area (Å²) < 4.78 is 5.42. The van der Waals surface area contributed by atoms with Gasteiger partial charge in [0.05, 0.1) is 6.61 Å². The predicted molar refractivity (Wildman–Crippen MR) is 67.9 cm³/mol. The molecule has 17 heavy (non-hydrogen) atoms. The number of nitrogens with zero attached hydrogens (tertiary/aromatic N) is 2. The van der Waals surface area contributed by atoms with Gasteiger partial charge < -0.3 is 10.1 Å². The lowest BCUT2D eigenvalue weighted by atomic mass is 10.2. The van der Waals surface area contributed by atoms with Gasteiger partial charge in [-0.25, -0.2) is 4.98 Å². The smallest absolute Gasteiger partial charge is 0.145 e. The second kappa shape index (κ2) is 7.64. The monoisotopic (exact) mass is 233 g/mol. The number of aromatic nitrogens is 1. The van der Waals surface area contributed by atoms with Crippen LogP contribution in [0.25, 0.3) is 0 Å². The molecule has 0 atom stereocenters. The Hall–Kier alpha value is -1.60. The number of rotatable bonds is 7. The van der Waals surface area contributed by atoms with Gasteiger partial charge in [-0.1, -0.05) is 19.4 Å². The van der Waals surface area contributed by atoms with Gasteiger partial charge in [0.2, 0.25) is 0 Å². The van der Waals surface area contributed by atoms with Gasteiger partial charge in [0.25, 0.3) is 0 Å². The minimum atomic E-state index is 0.474. The molecular weight excluding hydrogens is 214 g/mol. The van der Waals surface area contributed by atoms with Crippen molar-refractivity contribution in [2.45, 2.75) is 26.7 Å². The van der Waals surface area contributed by atoms with Crippen molar-refractivity contribution >= 4 is 5.82 Å². The zero-order valence-corrected chi connectivity index (χ0v) is 10.5. The van der Waals surface area contributed by atoms with E-state index in [2.05, 4.69) is 23.3 Å². The Morgan fingerprint density at radius 3 is 2.94 bits per heavy atom. The van der Waals surface area contributed by atoms with E-state index in [0.717, 1.165) is 30.8 Å². The highest BCUT2D eigenvalue weighted by Gasteiger charge is 2.00. The molecule has 0 aliphatic carbocycles. The molecule has 4 heteroatoms. The predicted octanol–water partition coefficient (Wildman–Crippen LogP) is 2.49. The molecule has 1 rings (SSSR count). The van der Waals surface area contributed by atoms with Crippen LogP contribution in [0.15, 0.2) is 12.1 Å². The van der Waals surface area contributed by atoms with E-state index >= 15 is 0 Å². The van der Waals surface area contributed by atoms with Crippen LogP contribution >= 0.6 is 0 Å². The highest BCUT2D eigenvalue weighted by atomic mass is 16.5. The Morgan fingerprint density at radius 2 is 2.24 bits per heavy atom. The van der Waals surface area contributed by atoms with Gasteiger partial charge in [-0.2, -0.15) is 5.26 Å². The first-order valence-electron chi connectivity index (χ1n) is 5.97. The molecule has 0 unspecified atom stereocenters. The Kier molecular flexibility index (Phi) is 6.05. The van der Waals surface area contributed by atoms with Gasteiger partial charge in [-0.3, -0.25) is 0 Å². The lowest BCUT2D eigenvalue weighted by Gasteiger charge is -2.07. The fraction of sp³-hybridized carbons (Fsp3) is 0.538. The fourth-order valence-corrected chi connectivity index (χ4v) is 1.34. The van der Waals surface area contributed by atoms with Crippen molar-refractivity contribution in [3.8, 4) is 6.07 Å². The maximum Gasteiger partial charge on any atom is 0.145 e. The van der Waals surface area contributed by atoms with Gasteiger partial charge in [0.15, 0.2) is 0 Å². The second-order valence-corrected chi connectivity index (χ2v) is 3.87. The Balaban J connectivity index is 2.30. The second-order valence-electron chi connectivity index (χ2n) is 3.87. The first-order valence-corrected chi connectivity index (χ1v) is 5.97. The zero-order valence-electron chi connectivity index (χ0n) is 10.5. The average Bonchev–Trinajstić information content (AvgIpc) is 2.35. The Morgan fingerprint density at radius 1 is 1.41 bits per heavy atom. The van der Waals surface area contributed by atoms with Crippen LogP contribution in [-0.4, -0.2) is 24.7 Å². The van der Waals surface area contributed by atoms with Gasteiger partial charge in [0, 0.05) is 13.2 Å². The standard InChI is InChI=1S/C13H19N3O/c1-3-4-8-17-9-7-15-13-6-5-11(2)12(10-14)16-13/h5-6H,3-4,7-9H2,1-2H3,(H,15,16). The highest BCUT2D eigenvalue weighted by molar-refractivity contribution is 5.42. The van der Waals surface area contributed by atoms with Crippen molar-refractivity contribution < 1.29 is 4.74 Å². The summed E-state index contributed by atoms with van der Waals surface area (Å²) in [7, 11) is 0. The molecule has 0 bridgehead atoms. The van der Waals surface area contributed by atoms with E-state index in [1.165, 1.54) is 0 Å². The third-order valence-electron chi connectivity index (χ3n) is 2.40. The number of hydrogen-bond donors (Lipinski definition) is 1. The summed E-state index contributed by atoms with van der Waals surface area (Å²) >= 11 is 0. The van der Waals surface area contributed by atoms with Crippen LogP contribution < -0.4 is 5.32 Å². The molecular formula is C13H19N3O. The van der Waals surface area contributed by atoms with E-state index < -0.39 is 0 Å². The van der Waals surface area contributed by atoms with Crippen LogP contribution in [0.4, 0.5) is 5.82 Å². The molecule has 1 heterocycles. The number of unbranched alkanes of at least 4 members (excludes halogenated alkanes) is 1. The number of nitrogens with one attached hydrogen (secondary N) is 1. The maximum atomic E-state index is 8.85. The van der Waals surface area contributed by atoms with Crippen molar-refractivity contribution in [1.82, 2.24) is 4.98 Å². The Bertz CT molecular complexity index is 385. The molecule has 1 aromatic heterocycles. The topological polar surface area (TPSA) is 57.9 Å². The van der Waals surface area contributed by atoms with E-state index in [1.807, 2.05) is 19.1 Å². The molecule has 0 aliphatic heterocycles. The molecule has 0 saturated carbocycles. The van der Waals surface area contributed by atoms with E-state index in [9.17, 15) is 0 Å². The molecule has 0 spiro atoms. The summed E-state index contributed by atoms with van der Waals surface area (Å²) in [6.07, 6.45) is 2.25. The van der Waals surface area contributed by atoms with Crippen LogP contribution in [-0.2, 0) is 4.74 Å². The molecule has 0 amide bonds. The molecule has 0 fully saturated rings. The molecule has 0 aromatic carbocycles. The largest absolute Gasteiger partial charge is 0.380 e. The van der Waals surface area contributed by atoms with Gasteiger partial charge in [-0.15, -0.1) is 0 Å².